The summed E-state index contributed by atoms with van der Waals surface area (Å²) in [7, 11) is -4.46. The van der Waals surface area contributed by atoms with Gasteiger partial charge in [-0.15, -0.1) is 0 Å². The molecule has 1 unspecified atom stereocenters. The molecule has 0 saturated heterocycles. The van der Waals surface area contributed by atoms with Gasteiger partial charge in [-0.25, -0.2) is 0 Å². The van der Waals surface area contributed by atoms with Gasteiger partial charge < -0.3 is 0 Å². The first kappa shape index (κ1) is 11.7. The maximum Gasteiger partial charge on any atom is 0.282 e. The van der Waals surface area contributed by atoms with Crippen LogP contribution in [0.25, 0.3) is 0 Å². The average molecular weight is 254 g/mol. The van der Waals surface area contributed by atoms with Gasteiger partial charge in [0, 0.05) is 0 Å². The molecule has 1 heterocycles. The van der Waals surface area contributed by atoms with Crippen LogP contribution in [0, 0.1) is 0 Å². The molecule has 0 aliphatic carbocycles. The molecular formula is C10H10N2O4S. The first-order valence-corrected chi connectivity index (χ1v) is 6.32. The van der Waals surface area contributed by atoms with Gasteiger partial charge in [0.15, 0.2) is 0 Å². The summed E-state index contributed by atoms with van der Waals surface area (Å²) >= 11 is 0. The minimum atomic E-state index is -4.46. The van der Waals surface area contributed by atoms with E-state index in [0.717, 1.165) is 5.01 Å². The predicted octanol–water partition coefficient (Wildman–Crippen LogP) is 0.665. The van der Waals surface area contributed by atoms with Gasteiger partial charge in [0.05, 0.1) is 11.4 Å². The van der Waals surface area contributed by atoms with Crippen molar-refractivity contribution in [2.45, 2.75) is 12.2 Å². The van der Waals surface area contributed by atoms with E-state index in [-0.39, 0.29) is 5.71 Å². The van der Waals surface area contributed by atoms with Crippen LogP contribution < -0.4 is 5.01 Å². The Morgan fingerprint density at radius 3 is 2.35 bits per heavy atom. The number of carbonyl (C=O) groups excluding carboxylic acids is 1. The highest BCUT2D eigenvalue weighted by Crippen LogP contribution is 2.22. The van der Waals surface area contributed by atoms with E-state index in [1.807, 2.05) is 0 Å². The minimum absolute atomic E-state index is 0.0568. The number of rotatable bonds is 2. The first-order chi connectivity index (χ1) is 7.91. The normalized spacial score (nSPS) is 20.6. The molecule has 6 nitrogen and oxygen atoms in total. The Morgan fingerprint density at radius 2 is 1.88 bits per heavy atom. The van der Waals surface area contributed by atoms with E-state index in [1.54, 1.807) is 30.3 Å². The summed E-state index contributed by atoms with van der Waals surface area (Å²) in [6.45, 7) is 1.39. The summed E-state index contributed by atoms with van der Waals surface area (Å²) in [5.41, 5.74) is 0.518. The van der Waals surface area contributed by atoms with Gasteiger partial charge in [0.25, 0.3) is 16.0 Å². The molecular weight excluding hydrogens is 244 g/mol. The summed E-state index contributed by atoms with van der Waals surface area (Å²) in [5.74, 6) is -0.767. The zero-order valence-corrected chi connectivity index (χ0v) is 9.76. The van der Waals surface area contributed by atoms with Gasteiger partial charge >= 0.3 is 0 Å². The standard InChI is InChI=1S/C10H10N2O4S/c1-7-9(17(14,15)16)10(13)12(11-7)8-5-3-2-4-6-8/h2-6,9H,1H3,(H,14,15,16). The van der Waals surface area contributed by atoms with E-state index in [4.69, 9.17) is 4.55 Å². The fourth-order valence-electron chi connectivity index (χ4n) is 1.65. The summed E-state index contributed by atoms with van der Waals surface area (Å²) in [6.07, 6.45) is 0. The van der Waals surface area contributed by atoms with Crippen LogP contribution in [0.5, 0.6) is 0 Å². The molecule has 17 heavy (non-hydrogen) atoms. The third-order valence-corrected chi connectivity index (χ3v) is 3.51. The monoisotopic (exact) mass is 254 g/mol. The molecule has 2 rings (SSSR count). The third-order valence-electron chi connectivity index (χ3n) is 2.37. The van der Waals surface area contributed by atoms with Crippen LogP contribution in [0.15, 0.2) is 35.4 Å². The van der Waals surface area contributed by atoms with Crippen LogP contribution in [0.3, 0.4) is 0 Å². The van der Waals surface area contributed by atoms with E-state index in [1.165, 1.54) is 6.92 Å². The van der Waals surface area contributed by atoms with Crippen molar-refractivity contribution in [3.63, 3.8) is 0 Å². The summed E-state index contributed by atoms with van der Waals surface area (Å²) in [6, 6.07) is 8.42. The maximum atomic E-state index is 11.8. The van der Waals surface area contributed by atoms with Gasteiger partial charge in [-0.2, -0.15) is 18.5 Å². The number of hydrazone groups is 1. The molecule has 1 aliphatic rings. The Hall–Kier alpha value is -1.73. The average Bonchev–Trinajstić information content (AvgIpc) is 2.54. The Labute approximate surface area is 98.3 Å². The van der Waals surface area contributed by atoms with Gasteiger partial charge in [0.2, 0.25) is 5.25 Å². The predicted molar refractivity (Wildman–Crippen MR) is 62.4 cm³/mol. The summed E-state index contributed by atoms with van der Waals surface area (Å²) in [5, 5.41) is 3.23. The molecule has 0 saturated carbocycles. The Morgan fingerprint density at radius 1 is 1.29 bits per heavy atom. The number of hydrogen-bond donors (Lipinski definition) is 1. The molecule has 1 atom stereocenters. The lowest BCUT2D eigenvalue weighted by Gasteiger charge is -2.12. The zero-order valence-electron chi connectivity index (χ0n) is 8.94. The third kappa shape index (κ3) is 2.06. The van der Waals surface area contributed by atoms with Gasteiger partial charge in [-0.3, -0.25) is 9.35 Å². The molecule has 0 bridgehead atoms. The number of nitrogens with zero attached hydrogens (tertiary/aromatic N) is 2. The first-order valence-electron chi connectivity index (χ1n) is 4.81. The molecule has 7 heteroatoms. The molecule has 90 valence electrons. The maximum absolute atomic E-state index is 11.8. The van der Waals surface area contributed by atoms with Crippen LogP contribution in [-0.4, -0.2) is 29.8 Å². The lowest BCUT2D eigenvalue weighted by molar-refractivity contribution is -0.116. The van der Waals surface area contributed by atoms with Crippen LogP contribution in [-0.2, 0) is 14.9 Å². The zero-order chi connectivity index (χ0) is 12.6. The highest BCUT2D eigenvalue weighted by Gasteiger charge is 2.42. The molecule has 0 fully saturated rings. The summed E-state index contributed by atoms with van der Waals surface area (Å²) in [4.78, 5) is 11.8. The molecule has 1 amide bonds. The van der Waals surface area contributed by atoms with E-state index in [2.05, 4.69) is 5.10 Å². The van der Waals surface area contributed by atoms with Crippen LogP contribution >= 0.6 is 0 Å². The number of hydrogen-bond acceptors (Lipinski definition) is 4. The molecule has 0 aromatic heterocycles. The smallest absolute Gasteiger partial charge is 0.282 e. The molecule has 1 aromatic rings. The fourth-order valence-corrected chi connectivity index (χ4v) is 2.48. The number of anilines is 1. The van der Waals surface area contributed by atoms with Crippen LogP contribution in [0.4, 0.5) is 5.69 Å². The SMILES string of the molecule is CC1=NN(c2ccccc2)C(=O)C1S(=O)(=O)O. The second-order valence-corrected chi connectivity index (χ2v) is 5.12. The van der Waals surface area contributed by atoms with E-state index < -0.39 is 21.3 Å². The van der Waals surface area contributed by atoms with Crippen molar-refractivity contribution in [1.82, 2.24) is 0 Å². The molecule has 1 aromatic carbocycles. The molecule has 0 radical (unpaired) electrons. The highest BCUT2D eigenvalue weighted by molar-refractivity contribution is 7.88. The topological polar surface area (TPSA) is 87.0 Å². The minimum Gasteiger partial charge on any atom is -0.285 e. The van der Waals surface area contributed by atoms with Crippen molar-refractivity contribution < 1.29 is 17.8 Å². The Kier molecular flexibility index (Phi) is 2.72. The van der Waals surface area contributed by atoms with Crippen molar-refractivity contribution >= 4 is 27.4 Å². The van der Waals surface area contributed by atoms with Crippen molar-refractivity contribution in [3.05, 3.63) is 30.3 Å². The van der Waals surface area contributed by atoms with Crippen LogP contribution in [0.1, 0.15) is 6.92 Å². The van der Waals surface area contributed by atoms with Gasteiger partial charge in [-0.05, 0) is 19.1 Å². The fraction of sp³-hybridized carbons (Fsp3) is 0.200. The second-order valence-electron chi connectivity index (χ2n) is 3.62. The number of amides is 1. The lowest BCUT2D eigenvalue weighted by atomic mass is 10.3. The van der Waals surface area contributed by atoms with E-state index in [0.29, 0.717) is 5.69 Å². The highest BCUT2D eigenvalue weighted by atomic mass is 32.2. The van der Waals surface area contributed by atoms with Crippen molar-refractivity contribution in [2.75, 3.05) is 5.01 Å². The molecule has 1 N–H and O–H groups in total. The van der Waals surface area contributed by atoms with Crippen molar-refractivity contribution in [1.29, 1.82) is 0 Å². The lowest BCUT2D eigenvalue weighted by Crippen LogP contribution is -2.37. The van der Waals surface area contributed by atoms with E-state index in [9.17, 15) is 13.2 Å². The molecule has 0 spiro atoms. The second kappa shape index (κ2) is 3.94. The van der Waals surface area contributed by atoms with Gasteiger partial charge in [-0.1, -0.05) is 18.2 Å². The van der Waals surface area contributed by atoms with Crippen molar-refractivity contribution in [3.8, 4) is 0 Å². The van der Waals surface area contributed by atoms with E-state index >= 15 is 0 Å². The largest absolute Gasteiger partial charge is 0.285 e. The molecule has 1 aliphatic heterocycles. The Bertz CT molecular complexity index is 580. The van der Waals surface area contributed by atoms with Crippen LogP contribution in [0.2, 0.25) is 0 Å². The quantitative estimate of drug-likeness (QED) is 0.785. The summed E-state index contributed by atoms with van der Waals surface area (Å²) < 4.78 is 31.1. The number of benzene rings is 1. The Balaban J connectivity index is 2.41. The number of para-hydroxylation sites is 1. The number of carbonyl (C=O) groups is 1. The van der Waals surface area contributed by atoms with Gasteiger partial charge in [0.1, 0.15) is 0 Å². The van der Waals surface area contributed by atoms with Crippen molar-refractivity contribution in [2.24, 2.45) is 5.10 Å².